The van der Waals surface area contributed by atoms with Crippen LogP contribution in [0.4, 0.5) is 0 Å². The first-order valence-corrected chi connectivity index (χ1v) is 6.31. The summed E-state index contributed by atoms with van der Waals surface area (Å²) >= 11 is 0. The molecular formula is C15H21N3. The minimum absolute atomic E-state index is 0.0164. The van der Waals surface area contributed by atoms with Gasteiger partial charge in [0.15, 0.2) is 0 Å². The molecule has 0 aromatic carbocycles. The van der Waals surface area contributed by atoms with Gasteiger partial charge in [-0.2, -0.15) is 0 Å². The van der Waals surface area contributed by atoms with Gasteiger partial charge < -0.3 is 0 Å². The van der Waals surface area contributed by atoms with E-state index in [0.717, 1.165) is 16.7 Å². The molecule has 0 unspecified atom stereocenters. The van der Waals surface area contributed by atoms with E-state index in [1.165, 1.54) is 5.56 Å². The van der Waals surface area contributed by atoms with E-state index in [-0.39, 0.29) is 10.8 Å². The number of hydrogen-bond donors (Lipinski definition) is 0. The van der Waals surface area contributed by atoms with Gasteiger partial charge in [-0.3, -0.25) is 4.98 Å². The van der Waals surface area contributed by atoms with E-state index >= 15 is 0 Å². The minimum Gasteiger partial charge on any atom is -0.252 e. The van der Waals surface area contributed by atoms with Crippen LogP contribution in [0.2, 0.25) is 0 Å². The zero-order valence-electron chi connectivity index (χ0n) is 12.1. The third-order valence-electron chi connectivity index (χ3n) is 3.05. The van der Waals surface area contributed by atoms with Crippen LogP contribution in [-0.4, -0.2) is 15.0 Å². The van der Waals surface area contributed by atoms with E-state index < -0.39 is 0 Å². The van der Waals surface area contributed by atoms with Crippen molar-refractivity contribution in [3.8, 4) is 0 Å². The average Bonchev–Trinajstić information content (AvgIpc) is 2.25. The van der Waals surface area contributed by atoms with E-state index in [4.69, 9.17) is 0 Å². The van der Waals surface area contributed by atoms with Crippen LogP contribution in [0, 0.1) is 0 Å². The Bertz CT molecular complexity index is 574. The first-order valence-electron chi connectivity index (χ1n) is 6.31. The third kappa shape index (κ3) is 2.35. The van der Waals surface area contributed by atoms with Crippen LogP contribution in [-0.2, 0) is 10.8 Å². The second-order valence-electron chi connectivity index (χ2n) is 6.81. The van der Waals surface area contributed by atoms with Crippen LogP contribution in [0.3, 0.4) is 0 Å². The van der Waals surface area contributed by atoms with Crippen molar-refractivity contribution >= 4 is 11.0 Å². The number of rotatable bonds is 0. The topological polar surface area (TPSA) is 38.7 Å². The minimum atomic E-state index is -0.0164. The summed E-state index contributed by atoms with van der Waals surface area (Å²) in [6.07, 6.45) is 3.58. The highest BCUT2D eigenvalue weighted by atomic mass is 14.9. The second kappa shape index (κ2) is 4.01. The molecule has 2 rings (SSSR count). The summed E-state index contributed by atoms with van der Waals surface area (Å²) < 4.78 is 0. The highest BCUT2D eigenvalue weighted by Gasteiger charge is 2.21. The molecule has 3 heteroatoms. The zero-order chi connectivity index (χ0) is 13.6. The SMILES string of the molecule is CC(C)(C)c1cnc2c(C(C)(C)C)ncnc2c1. The van der Waals surface area contributed by atoms with Gasteiger partial charge in [-0.15, -0.1) is 0 Å². The first kappa shape index (κ1) is 12.9. The molecule has 0 aliphatic carbocycles. The molecule has 0 N–H and O–H groups in total. The van der Waals surface area contributed by atoms with E-state index in [9.17, 15) is 0 Å². The molecule has 0 saturated heterocycles. The van der Waals surface area contributed by atoms with Crippen LogP contribution < -0.4 is 0 Å². The predicted octanol–water partition coefficient (Wildman–Crippen LogP) is 3.62. The summed E-state index contributed by atoms with van der Waals surface area (Å²) in [5, 5.41) is 0. The van der Waals surface area contributed by atoms with Crippen LogP contribution in [0.15, 0.2) is 18.6 Å². The van der Waals surface area contributed by atoms with Gasteiger partial charge in [0.05, 0.1) is 11.2 Å². The van der Waals surface area contributed by atoms with Crippen molar-refractivity contribution in [1.82, 2.24) is 15.0 Å². The van der Waals surface area contributed by atoms with Crippen molar-refractivity contribution in [2.75, 3.05) is 0 Å². The molecule has 0 atom stereocenters. The van der Waals surface area contributed by atoms with Crippen molar-refractivity contribution in [3.63, 3.8) is 0 Å². The highest BCUT2D eigenvalue weighted by Crippen LogP contribution is 2.28. The Morgan fingerprint density at radius 3 is 2.06 bits per heavy atom. The summed E-state index contributed by atoms with van der Waals surface area (Å²) in [5.74, 6) is 0. The van der Waals surface area contributed by atoms with Crippen molar-refractivity contribution in [2.24, 2.45) is 0 Å². The van der Waals surface area contributed by atoms with Crippen molar-refractivity contribution in [2.45, 2.75) is 52.4 Å². The lowest BCUT2D eigenvalue weighted by Crippen LogP contribution is -2.16. The summed E-state index contributed by atoms with van der Waals surface area (Å²) in [4.78, 5) is 13.3. The van der Waals surface area contributed by atoms with E-state index in [2.05, 4.69) is 62.6 Å². The van der Waals surface area contributed by atoms with Gasteiger partial charge in [0.25, 0.3) is 0 Å². The Kier molecular flexibility index (Phi) is 2.88. The standard InChI is InChI=1S/C15H21N3/c1-14(2,3)10-7-11-12(16-8-10)13(15(4,5)6)18-9-17-11/h7-9H,1-6H3. The van der Waals surface area contributed by atoms with Gasteiger partial charge in [0.2, 0.25) is 0 Å². The third-order valence-corrected chi connectivity index (χ3v) is 3.05. The number of pyridine rings is 1. The Hall–Kier alpha value is -1.51. The Morgan fingerprint density at radius 1 is 0.833 bits per heavy atom. The van der Waals surface area contributed by atoms with Gasteiger partial charge in [-0.1, -0.05) is 41.5 Å². The number of hydrogen-bond acceptors (Lipinski definition) is 3. The van der Waals surface area contributed by atoms with Gasteiger partial charge in [-0.25, -0.2) is 9.97 Å². The maximum absolute atomic E-state index is 4.59. The zero-order valence-corrected chi connectivity index (χ0v) is 12.1. The molecule has 0 saturated carbocycles. The van der Waals surface area contributed by atoms with Crippen molar-refractivity contribution < 1.29 is 0 Å². The number of aromatic nitrogens is 3. The van der Waals surface area contributed by atoms with Crippen LogP contribution in [0.25, 0.3) is 11.0 Å². The lowest BCUT2D eigenvalue weighted by Gasteiger charge is -2.21. The Balaban J connectivity index is 2.68. The monoisotopic (exact) mass is 243 g/mol. The first-order chi connectivity index (χ1) is 8.19. The molecular weight excluding hydrogens is 222 g/mol. The lowest BCUT2D eigenvalue weighted by molar-refractivity contribution is 0.571. The molecule has 2 aromatic heterocycles. The lowest BCUT2D eigenvalue weighted by atomic mass is 9.87. The normalized spacial score (nSPS) is 13.0. The van der Waals surface area contributed by atoms with Crippen molar-refractivity contribution in [1.29, 1.82) is 0 Å². The van der Waals surface area contributed by atoms with Gasteiger partial charge >= 0.3 is 0 Å². The van der Waals surface area contributed by atoms with E-state index in [0.29, 0.717) is 0 Å². The summed E-state index contributed by atoms with van der Waals surface area (Å²) in [6.45, 7) is 13.0. The fourth-order valence-electron chi connectivity index (χ4n) is 1.90. The number of fused-ring (bicyclic) bond motifs is 1. The highest BCUT2D eigenvalue weighted by molar-refractivity contribution is 5.77. The fourth-order valence-corrected chi connectivity index (χ4v) is 1.90. The Labute approximate surface area is 109 Å². The van der Waals surface area contributed by atoms with Crippen LogP contribution in [0.5, 0.6) is 0 Å². The van der Waals surface area contributed by atoms with E-state index in [1.807, 2.05) is 6.20 Å². The average molecular weight is 243 g/mol. The van der Waals surface area contributed by atoms with Crippen LogP contribution >= 0.6 is 0 Å². The summed E-state index contributed by atoms with van der Waals surface area (Å²) in [5.41, 5.74) is 4.13. The maximum Gasteiger partial charge on any atom is 0.116 e. The molecule has 2 heterocycles. The van der Waals surface area contributed by atoms with Gasteiger partial charge in [-0.05, 0) is 17.0 Å². The van der Waals surface area contributed by atoms with Gasteiger partial charge in [0.1, 0.15) is 11.8 Å². The Morgan fingerprint density at radius 2 is 1.50 bits per heavy atom. The molecule has 96 valence electrons. The number of nitrogens with zero attached hydrogens (tertiary/aromatic N) is 3. The molecule has 2 aromatic rings. The summed E-state index contributed by atoms with van der Waals surface area (Å²) in [7, 11) is 0. The molecule has 0 amide bonds. The molecule has 0 aliphatic rings. The molecule has 0 aliphatic heterocycles. The molecule has 0 radical (unpaired) electrons. The van der Waals surface area contributed by atoms with Gasteiger partial charge in [0, 0.05) is 11.6 Å². The molecule has 0 spiro atoms. The van der Waals surface area contributed by atoms with Crippen LogP contribution in [0.1, 0.15) is 52.8 Å². The predicted molar refractivity (Wildman–Crippen MR) is 74.7 cm³/mol. The summed E-state index contributed by atoms with van der Waals surface area (Å²) in [6, 6.07) is 2.12. The second-order valence-corrected chi connectivity index (χ2v) is 6.81. The van der Waals surface area contributed by atoms with E-state index in [1.54, 1.807) is 6.33 Å². The molecule has 0 bridgehead atoms. The van der Waals surface area contributed by atoms with Crippen molar-refractivity contribution in [3.05, 3.63) is 29.8 Å². The fraction of sp³-hybridized carbons (Fsp3) is 0.533. The molecule has 18 heavy (non-hydrogen) atoms. The maximum atomic E-state index is 4.59. The quantitative estimate of drug-likeness (QED) is 0.709. The molecule has 3 nitrogen and oxygen atoms in total. The smallest absolute Gasteiger partial charge is 0.116 e. The largest absolute Gasteiger partial charge is 0.252 e. The molecule has 0 fully saturated rings.